The highest BCUT2D eigenvalue weighted by Crippen LogP contribution is 2.26. The van der Waals surface area contributed by atoms with Crippen molar-refractivity contribution in [2.75, 3.05) is 0 Å². The minimum atomic E-state index is 1.18. The van der Waals surface area contributed by atoms with E-state index in [4.69, 9.17) is 0 Å². The Balaban J connectivity index is 1.70. The first-order valence-corrected chi connectivity index (χ1v) is 7.71. The van der Waals surface area contributed by atoms with Gasteiger partial charge in [0.2, 0.25) is 0 Å². The summed E-state index contributed by atoms with van der Waals surface area (Å²) < 4.78 is 0. The predicted molar refractivity (Wildman–Crippen MR) is 84.4 cm³/mol. The Morgan fingerprint density at radius 1 is 0.842 bits per heavy atom. The number of rotatable bonds is 7. The van der Waals surface area contributed by atoms with Gasteiger partial charge in [-0.05, 0) is 44.6 Å². The molecule has 0 radical (unpaired) electrons. The summed E-state index contributed by atoms with van der Waals surface area (Å²) in [7, 11) is 0. The van der Waals surface area contributed by atoms with Gasteiger partial charge in [0.25, 0.3) is 0 Å². The standard InChI is InChI=1S/C19H26/c1-3-4-5-6-18-13-14-19(15-18)12-11-17-9-7-16(2)8-10-17/h7-10,13-14H,3-6,11-12,15H2,1-2H3. The van der Waals surface area contributed by atoms with Gasteiger partial charge in [-0.25, -0.2) is 0 Å². The maximum Gasteiger partial charge on any atom is -0.0102 e. The molecule has 2 rings (SSSR count). The molecule has 0 aromatic heterocycles. The molecule has 19 heavy (non-hydrogen) atoms. The van der Waals surface area contributed by atoms with E-state index < -0.39 is 0 Å². The summed E-state index contributed by atoms with van der Waals surface area (Å²) in [5.74, 6) is 0. The van der Waals surface area contributed by atoms with Gasteiger partial charge in [0, 0.05) is 0 Å². The average Bonchev–Trinajstić information content (AvgIpc) is 2.86. The van der Waals surface area contributed by atoms with E-state index in [0.29, 0.717) is 0 Å². The van der Waals surface area contributed by atoms with Crippen LogP contribution in [0.15, 0.2) is 47.6 Å². The molecule has 0 nitrogen and oxygen atoms in total. The molecule has 0 aliphatic heterocycles. The van der Waals surface area contributed by atoms with Gasteiger partial charge in [-0.1, -0.05) is 72.9 Å². The van der Waals surface area contributed by atoms with E-state index in [2.05, 4.69) is 50.3 Å². The van der Waals surface area contributed by atoms with Crippen LogP contribution in [0.25, 0.3) is 0 Å². The number of aryl methyl sites for hydroxylation is 2. The molecular weight excluding hydrogens is 228 g/mol. The van der Waals surface area contributed by atoms with E-state index in [1.807, 2.05) is 0 Å². The summed E-state index contributed by atoms with van der Waals surface area (Å²) in [5.41, 5.74) is 6.08. The molecule has 0 fully saturated rings. The third-order valence-corrected chi connectivity index (χ3v) is 3.97. The fourth-order valence-electron chi connectivity index (χ4n) is 2.65. The second-order valence-corrected chi connectivity index (χ2v) is 5.77. The zero-order valence-corrected chi connectivity index (χ0v) is 12.4. The average molecular weight is 254 g/mol. The Morgan fingerprint density at radius 3 is 2.21 bits per heavy atom. The van der Waals surface area contributed by atoms with Gasteiger partial charge in [0.05, 0.1) is 0 Å². The van der Waals surface area contributed by atoms with Crippen molar-refractivity contribution in [1.29, 1.82) is 0 Å². The lowest BCUT2D eigenvalue weighted by atomic mass is 9.99. The number of unbranched alkanes of at least 4 members (excludes halogenated alkanes) is 2. The van der Waals surface area contributed by atoms with Crippen LogP contribution in [0.2, 0.25) is 0 Å². The van der Waals surface area contributed by atoms with Crippen molar-refractivity contribution in [2.45, 2.75) is 58.8 Å². The first-order valence-electron chi connectivity index (χ1n) is 7.71. The summed E-state index contributed by atoms with van der Waals surface area (Å²) in [4.78, 5) is 0. The summed E-state index contributed by atoms with van der Waals surface area (Å²) in [5, 5.41) is 0. The summed E-state index contributed by atoms with van der Waals surface area (Å²) in [6, 6.07) is 8.96. The highest BCUT2D eigenvalue weighted by atomic mass is 14.1. The fourth-order valence-corrected chi connectivity index (χ4v) is 2.65. The minimum Gasteiger partial charge on any atom is -0.0662 e. The zero-order chi connectivity index (χ0) is 13.5. The third kappa shape index (κ3) is 4.70. The highest BCUT2D eigenvalue weighted by Gasteiger charge is 2.08. The minimum absolute atomic E-state index is 1.18. The van der Waals surface area contributed by atoms with E-state index in [1.165, 1.54) is 56.1 Å². The van der Waals surface area contributed by atoms with Crippen LogP contribution in [0.5, 0.6) is 0 Å². The quantitative estimate of drug-likeness (QED) is 0.542. The number of hydrogen-bond acceptors (Lipinski definition) is 0. The number of hydrogen-bond donors (Lipinski definition) is 0. The molecule has 0 spiro atoms. The van der Waals surface area contributed by atoms with Crippen LogP contribution in [0.4, 0.5) is 0 Å². The van der Waals surface area contributed by atoms with Gasteiger partial charge in [-0.15, -0.1) is 0 Å². The molecular formula is C19H26. The molecule has 1 aromatic rings. The SMILES string of the molecule is CCCCCC1=CC=C(CCc2ccc(C)cc2)C1. The molecule has 0 N–H and O–H groups in total. The lowest BCUT2D eigenvalue weighted by Gasteiger charge is -2.06. The van der Waals surface area contributed by atoms with Gasteiger partial charge in [-0.3, -0.25) is 0 Å². The fraction of sp³-hybridized carbons (Fsp3) is 0.474. The Bertz CT molecular complexity index is 445. The Morgan fingerprint density at radius 2 is 1.53 bits per heavy atom. The van der Waals surface area contributed by atoms with E-state index in [9.17, 15) is 0 Å². The maximum absolute atomic E-state index is 2.36. The van der Waals surface area contributed by atoms with Gasteiger partial charge < -0.3 is 0 Å². The largest absolute Gasteiger partial charge is 0.0662 e. The summed E-state index contributed by atoms with van der Waals surface area (Å²) >= 11 is 0. The molecule has 102 valence electrons. The van der Waals surface area contributed by atoms with Gasteiger partial charge in [-0.2, -0.15) is 0 Å². The molecule has 1 aliphatic carbocycles. The zero-order valence-electron chi connectivity index (χ0n) is 12.4. The highest BCUT2D eigenvalue weighted by molar-refractivity contribution is 5.31. The van der Waals surface area contributed by atoms with E-state index >= 15 is 0 Å². The topological polar surface area (TPSA) is 0 Å². The molecule has 1 aliphatic rings. The van der Waals surface area contributed by atoms with Crippen LogP contribution in [0, 0.1) is 6.92 Å². The lowest BCUT2D eigenvalue weighted by Crippen LogP contribution is -1.89. The van der Waals surface area contributed by atoms with Crippen molar-refractivity contribution in [3.05, 3.63) is 58.7 Å². The van der Waals surface area contributed by atoms with E-state index in [1.54, 1.807) is 11.1 Å². The van der Waals surface area contributed by atoms with Crippen LogP contribution in [-0.4, -0.2) is 0 Å². The maximum atomic E-state index is 2.36. The Kier molecular flexibility index (Phi) is 5.44. The molecule has 0 heterocycles. The Hall–Kier alpha value is -1.30. The predicted octanol–water partition coefficient (Wildman–Crippen LogP) is 5.76. The van der Waals surface area contributed by atoms with E-state index in [-0.39, 0.29) is 0 Å². The summed E-state index contributed by atoms with van der Waals surface area (Å²) in [6.45, 7) is 4.42. The monoisotopic (exact) mass is 254 g/mol. The first-order chi connectivity index (χ1) is 9.28. The summed E-state index contributed by atoms with van der Waals surface area (Å²) in [6.07, 6.45) is 13.7. The van der Waals surface area contributed by atoms with Gasteiger partial charge in [0.1, 0.15) is 0 Å². The van der Waals surface area contributed by atoms with Gasteiger partial charge in [0.15, 0.2) is 0 Å². The molecule has 0 atom stereocenters. The van der Waals surface area contributed by atoms with Crippen molar-refractivity contribution in [1.82, 2.24) is 0 Å². The molecule has 0 saturated heterocycles. The van der Waals surface area contributed by atoms with Crippen LogP contribution in [-0.2, 0) is 6.42 Å². The molecule has 1 aromatic carbocycles. The second kappa shape index (κ2) is 7.33. The van der Waals surface area contributed by atoms with Crippen molar-refractivity contribution in [2.24, 2.45) is 0 Å². The molecule has 0 unspecified atom stereocenters. The van der Waals surface area contributed by atoms with Crippen molar-refractivity contribution < 1.29 is 0 Å². The Labute approximate surface area is 118 Å². The van der Waals surface area contributed by atoms with E-state index in [0.717, 1.165) is 0 Å². The molecule has 0 bridgehead atoms. The third-order valence-electron chi connectivity index (χ3n) is 3.97. The van der Waals surface area contributed by atoms with Crippen LogP contribution in [0.3, 0.4) is 0 Å². The van der Waals surface area contributed by atoms with Gasteiger partial charge >= 0.3 is 0 Å². The van der Waals surface area contributed by atoms with Crippen molar-refractivity contribution in [3.8, 4) is 0 Å². The molecule has 0 heteroatoms. The first kappa shape index (κ1) is 14.1. The molecule has 0 saturated carbocycles. The second-order valence-electron chi connectivity index (χ2n) is 5.77. The molecule has 0 amide bonds. The van der Waals surface area contributed by atoms with Crippen LogP contribution < -0.4 is 0 Å². The smallest absolute Gasteiger partial charge is 0.0102 e. The number of allylic oxidation sites excluding steroid dienone is 4. The van der Waals surface area contributed by atoms with Crippen LogP contribution >= 0.6 is 0 Å². The van der Waals surface area contributed by atoms with Crippen molar-refractivity contribution >= 4 is 0 Å². The number of benzene rings is 1. The lowest BCUT2D eigenvalue weighted by molar-refractivity contribution is 0.704. The van der Waals surface area contributed by atoms with Crippen molar-refractivity contribution in [3.63, 3.8) is 0 Å². The van der Waals surface area contributed by atoms with Crippen LogP contribution in [0.1, 0.15) is 56.6 Å². The normalized spacial score (nSPS) is 14.4.